The Balaban J connectivity index is 1.88. The van der Waals surface area contributed by atoms with Gasteiger partial charge >= 0.3 is 0 Å². The zero-order valence-corrected chi connectivity index (χ0v) is 14.5. The highest BCUT2D eigenvalue weighted by atomic mass is 16.7. The molecule has 0 aliphatic carbocycles. The van der Waals surface area contributed by atoms with Crippen LogP contribution >= 0.6 is 0 Å². The zero-order valence-electron chi connectivity index (χ0n) is 14.5. The second kappa shape index (κ2) is 6.50. The SMILES string of the molecule is CB(c1cccc(C2OCCO2)c1)c1cccc(C(C)(C)C)c1. The minimum Gasteiger partial charge on any atom is -0.346 e. The van der Waals surface area contributed by atoms with Crippen molar-refractivity contribution in [2.24, 2.45) is 0 Å². The van der Waals surface area contributed by atoms with E-state index in [0.29, 0.717) is 19.9 Å². The second-order valence-electron chi connectivity index (χ2n) is 7.34. The first kappa shape index (κ1) is 16.3. The highest BCUT2D eigenvalue weighted by Gasteiger charge is 2.21. The Kier molecular flexibility index (Phi) is 4.61. The molecule has 23 heavy (non-hydrogen) atoms. The number of rotatable bonds is 3. The van der Waals surface area contributed by atoms with Crippen LogP contribution in [0.5, 0.6) is 0 Å². The highest BCUT2D eigenvalue weighted by molar-refractivity contribution is 6.84. The number of benzene rings is 2. The van der Waals surface area contributed by atoms with Gasteiger partial charge in [0.05, 0.1) is 13.2 Å². The van der Waals surface area contributed by atoms with Gasteiger partial charge in [0.2, 0.25) is 6.71 Å². The fourth-order valence-corrected chi connectivity index (χ4v) is 2.99. The van der Waals surface area contributed by atoms with Crippen LogP contribution in [0.3, 0.4) is 0 Å². The second-order valence-corrected chi connectivity index (χ2v) is 7.34. The van der Waals surface area contributed by atoms with Crippen molar-refractivity contribution in [3.05, 3.63) is 59.7 Å². The Labute approximate surface area is 139 Å². The molecule has 0 atom stereocenters. The number of hydrogen-bond acceptors (Lipinski definition) is 2. The van der Waals surface area contributed by atoms with E-state index >= 15 is 0 Å². The average molecular weight is 308 g/mol. The van der Waals surface area contributed by atoms with Crippen LogP contribution in [0.2, 0.25) is 6.82 Å². The maximum atomic E-state index is 5.62. The van der Waals surface area contributed by atoms with Crippen molar-refractivity contribution < 1.29 is 9.47 Å². The third-order valence-electron chi connectivity index (χ3n) is 4.56. The van der Waals surface area contributed by atoms with Crippen molar-refractivity contribution in [2.75, 3.05) is 13.2 Å². The molecule has 2 nitrogen and oxygen atoms in total. The van der Waals surface area contributed by atoms with Crippen molar-refractivity contribution in [1.29, 1.82) is 0 Å². The van der Waals surface area contributed by atoms with Crippen molar-refractivity contribution in [3.8, 4) is 0 Å². The van der Waals surface area contributed by atoms with Crippen molar-refractivity contribution in [3.63, 3.8) is 0 Å². The van der Waals surface area contributed by atoms with Gasteiger partial charge < -0.3 is 9.47 Å². The van der Waals surface area contributed by atoms with Crippen LogP contribution in [0.4, 0.5) is 0 Å². The summed E-state index contributed by atoms with van der Waals surface area (Å²) in [6.45, 7) is 10.7. The van der Waals surface area contributed by atoms with Crippen LogP contribution in [-0.2, 0) is 14.9 Å². The summed E-state index contributed by atoms with van der Waals surface area (Å²) >= 11 is 0. The standard InChI is InChI=1S/C20H25BO2/c1-20(2,3)16-8-6-10-18(14-16)21(4)17-9-5-7-15(13-17)19-22-11-12-23-19/h5-10,13-14,19H,11-12H2,1-4H3. The van der Waals surface area contributed by atoms with Gasteiger partial charge in [-0.05, 0) is 11.0 Å². The molecule has 0 bridgehead atoms. The first-order valence-corrected chi connectivity index (χ1v) is 8.38. The molecule has 0 saturated carbocycles. The van der Waals surface area contributed by atoms with Gasteiger partial charge in [0, 0.05) is 5.56 Å². The van der Waals surface area contributed by atoms with Crippen molar-refractivity contribution >= 4 is 17.6 Å². The molecule has 0 aromatic heterocycles. The Morgan fingerprint density at radius 2 is 1.52 bits per heavy atom. The first-order chi connectivity index (χ1) is 10.9. The Morgan fingerprint density at radius 3 is 2.17 bits per heavy atom. The molecule has 0 radical (unpaired) electrons. The first-order valence-electron chi connectivity index (χ1n) is 8.38. The quantitative estimate of drug-likeness (QED) is 0.810. The average Bonchev–Trinajstić information content (AvgIpc) is 3.08. The fraction of sp³-hybridized carbons (Fsp3) is 0.400. The van der Waals surface area contributed by atoms with Crippen LogP contribution in [0, 0.1) is 0 Å². The Hall–Kier alpha value is -1.58. The molecule has 0 unspecified atom stereocenters. The molecule has 2 aromatic carbocycles. The van der Waals surface area contributed by atoms with E-state index in [1.54, 1.807) is 0 Å². The van der Waals surface area contributed by atoms with Crippen LogP contribution in [0.15, 0.2) is 48.5 Å². The van der Waals surface area contributed by atoms with E-state index in [1.807, 2.05) is 0 Å². The molecule has 1 aliphatic heterocycles. The van der Waals surface area contributed by atoms with E-state index in [4.69, 9.17) is 9.47 Å². The minimum absolute atomic E-state index is 0.170. The summed E-state index contributed by atoms with van der Waals surface area (Å²) in [6.07, 6.45) is -0.206. The minimum atomic E-state index is -0.206. The van der Waals surface area contributed by atoms with E-state index < -0.39 is 0 Å². The van der Waals surface area contributed by atoms with Gasteiger partial charge in [-0.15, -0.1) is 0 Å². The Bertz CT molecular complexity index is 669. The lowest BCUT2D eigenvalue weighted by molar-refractivity contribution is -0.0440. The summed E-state index contributed by atoms with van der Waals surface area (Å²) in [5.74, 6) is 0. The van der Waals surface area contributed by atoms with Crippen LogP contribution in [0.1, 0.15) is 38.2 Å². The van der Waals surface area contributed by atoms with E-state index in [9.17, 15) is 0 Å². The van der Waals surface area contributed by atoms with Gasteiger partial charge in [-0.1, -0.05) is 87.1 Å². The molecule has 3 heteroatoms. The summed E-state index contributed by atoms with van der Waals surface area (Å²) in [6, 6.07) is 17.5. The zero-order chi connectivity index (χ0) is 16.4. The summed E-state index contributed by atoms with van der Waals surface area (Å²) in [7, 11) is 0. The van der Waals surface area contributed by atoms with E-state index in [1.165, 1.54) is 16.5 Å². The third-order valence-corrected chi connectivity index (χ3v) is 4.56. The molecule has 1 heterocycles. The summed E-state index contributed by atoms with van der Waals surface area (Å²) < 4.78 is 11.2. The lowest BCUT2D eigenvalue weighted by Gasteiger charge is -2.21. The molecule has 2 aromatic rings. The number of hydrogen-bond donors (Lipinski definition) is 0. The molecule has 1 aliphatic rings. The van der Waals surface area contributed by atoms with Gasteiger partial charge in [0.15, 0.2) is 6.29 Å². The Morgan fingerprint density at radius 1 is 0.913 bits per heavy atom. The topological polar surface area (TPSA) is 18.5 Å². The van der Waals surface area contributed by atoms with Gasteiger partial charge in [-0.2, -0.15) is 0 Å². The normalized spacial score (nSPS) is 15.8. The van der Waals surface area contributed by atoms with Gasteiger partial charge in [0.25, 0.3) is 0 Å². The maximum Gasteiger partial charge on any atom is 0.206 e. The monoisotopic (exact) mass is 308 g/mol. The van der Waals surface area contributed by atoms with Gasteiger partial charge in [0.1, 0.15) is 0 Å². The van der Waals surface area contributed by atoms with Gasteiger partial charge in [-0.25, -0.2) is 0 Å². The molecule has 0 amide bonds. The summed E-state index contributed by atoms with van der Waals surface area (Å²) in [5, 5.41) is 0. The van der Waals surface area contributed by atoms with Crippen LogP contribution < -0.4 is 10.9 Å². The fourth-order valence-electron chi connectivity index (χ4n) is 2.99. The van der Waals surface area contributed by atoms with E-state index in [-0.39, 0.29) is 11.7 Å². The molecule has 0 spiro atoms. The van der Waals surface area contributed by atoms with Crippen LogP contribution in [0.25, 0.3) is 0 Å². The van der Waals surface area contributed by atoms with E-state index in [0.717, 1.165) is 5.56 Å². The smallest absolute Gasteiger partial charge is 0.206 e. The maximum absolute atomic E-state index is 5.62. The lowest BCUT2D eigenvalue weighted by atomic mass is 9.42. The summed E-state index contributed by atoms with van der Waals surface area (Å²) in [5.41, 5.74) is 5.30. The molecular formula is C20H25BO2. The molecule has 1 saturated heterocycles. The van der Waals surface area contributed by atoms with Crippen molar-refractivity contribution in [1.82, 2.24) is 0 Å². The molecular weight excluding hydrogens is 283 g/mol. The lowest BCUT2D eigenvalue weighted by Crippen LogP contribution is -2.40. The van der Waals surface area contributed by atoms with E-state index in [2.05, 4.69) is 76.1 Å². The third kappa shape index (κ3) is 3.68. The van der Waals surface area contributed by atoms with Crippen molar-refractivity contribution in [2.45, 2.75) is 39.3 Å². The van der Waals surface area contributed by atoms with Crippen LogP contribution in [-0.4, -0.2) is 19.9 Å². The molecule has 1 fully saturated rings. The molecule has 120 valence electrons. The summed E-state index contributed by atoms with van der Waals surface area (Å²) in [4.78, 5) is 0. The largest absolute Gasteiger partial charge is 0.346 e. The molecule has 0 N–H and O–H groups in total. The predicted octanol–water partition coefficient (Wildman–Crippen LogP) is 3.27. The highest BCUT2D eigenvalue weighted by Crippen LogP contribution is 2.23. The molecule has 3 rings (SSSR count). The number of ether oxygens (including phenoxy) is 2. The van der Waals surface area contributed by atoms with Gasteiger partial charge in [-0.3, -0.25) is 0 Å². The predicted molar refractivity (Wildman–Crippen MR) is 97.1 cm³/mol.